The lowest BCUT2D eigenvalue weighted by Crippen LogP contribution is -2.66. The number of piperazine rings is 1. The molecule has 5 heteroatoms. The summed E-state index contributed by atoms with van der Waals surface area (Å²) >= 11 is 0. The molecule has 0 aromatic rings. The van der Waals surface area contributed by atoms with Gasteiger partial charge in [-0.1, -0.05) is 6.92 Å². The highest BCUT2D eigenvalue weighted by atomic mass is 16.5. The largest absolute Gasteiger partial charge is 0.381 e. The first-order chi connectivity index (χ1) is 10.2. The lowest BCUT2D eigenvalue weighted by atomic mass is 9.92. The van der Waals surface area contributed by atoms with Gasteiger partial charge in [0.2, 0.25) is 11.8 Å². The molecule has 3 aliphatic rings. The zero-order valence-electron chi connectivity index (χ0n) is 12.9. The molecule has 3 heterocycles. The van der Waals surface area contributed by atoms with Gasteiger partial charge in [-0.15, -0.1) is 0 Å². The van der Waals surface area contributed by atoms with E-state index in [1.807, 2.05) is 16.7 Å². The summed E-state index contributed by atoms with van der Waals surface area (Å²) in [6, 6.07) is -0.427. The molecule has 0 spiro atoms. The van der Waals surface area contributed by atoms with Crippen molar-refractivity contribution in [2.24, 2.45) is 5.92 Å². The summed E-state index contributed by atoms with van der Waals surface area (Å²) < 4.78 is 5.40. The van der Waals surface area contributed by atoms with Crippen LogP contribution >= 0.6 is 0 Å². The number of piperidine rings is 1. The molecule has 0 radical (unpaired) electrons. The van der Waals surface area contributed by atoms with Gasteiger partial charge in [0.15, 0.2) is 0 Å². The number of fused-ring (bicyclic) bond motifs is 1. The number of carbonyl (C=O) groups is 2. The van der Waals surface area contributed by atoms with E-state index in [0.717, 1.165) is 64.8 Å². The molecule has 21 heavy (non-hydrogen) atoms. The van der Waals surface area contributed by atoms with E-state index in [0.29, 0.717) is 5.92 Å². The Morgan fingerprint density at radius 2 is 1.86 bits per heavy atom. The number of carbonyl (C=O) groups excluding carboxylic acids is 2. The van der Waals surface area contributed by atoms with Crippen LogP contribution in [-0.4, -0.2) is 60.0 Å². The van der Waals surface area contributed by atoms with E-state index in [9.17, 15) is 9.59 Å². The number of hydrogen-bond acceptors (Lipinski definition) is 3. The maximum atomic E-state index is 12.8. The molecule has 3 fully saturated rings. The standard InChI is InChI=1S/C16H26N2O3/c1-2-13-15(19)17-8-4-3-5-14(17)16(20)18(13)11-12-6-9-21-10-7-12/h12-14H,2-11H2,1H3. The number of nitrogens with zero attached hydrogens (tertiary/aromatic N) is 2. The Morgan fingerprint density at radius 3 is 2.57 bits per heavy atom. The normalized spacial score (nSPS) is 31.5. The summed E-state index contributed by atoms with van der Waals surface area (Å²) in [7, 11) is 0. The van der Waals surface area contributed by atoms with E-state index in [-0.39, 0.29) is 23.9 Å². The maximum absolute atomic E-state index is 12.8. The molecule has 2 atom stereocenters. The van der Waals surface area contributed by atoms with Gasteiger partial charge in [-0.2, -0.15) is 0 Å². The van der Waals surface area contributed by atoms with Crippen molar-refractivity contribution in [1.82, 2.24) is 9.80 Å². The first-order valence-electron chi connectivity index (χ1n) is 8.41. The highest BCUT2D eigenvalue weighted by Crippen LogP contribution is 2.29. The van der Waals surface area contributed by atoms with Crippen LogP contribution in [0.3, 0.4) is 0 Å². The highest BCUT2D eigenvalue weighted by molar-refractivity contribution is 5.97. The molecule has 3 aliphatic heterocycles. The Bertz CT molecular complexity index is 406. The average Bonchev–Trinajstić information content (AvgIpc) is 2.54. The Balaban J connectivity index is 1.76. The maximum Gasteiger partial charge on any atom is 0.246 e. The minimum Gasteiger partial charge on any atom is -0.381 e. The fraction of sp³-hybridized carbons (Fsp3) is 0.875. The minimum atomic E-state index is -0.241. The molecule has 2 amide bonds. The van der Waals surface area contributed by atoms with Gasteiger partial charge in [0.1, 0.15) is 12.1 Å². The van der Waals surface area contributed by atoms with Gasteiger partial charge >= 0.3 is 0 Å². The number of hydrogen-bond donors (Lipinski definition) is 0. The molecule has 2 unspecified atom stereocenters. The highest BCUT2D eigenvalue weighted by Gasteiger charge is 2.46. The molecular weight excluding hydrogens is 268 g/mol. The summed E-state index contributed by atoms with van der Waals surface area (Å²) in [5.74, 6) is 0.848. The number of amides is 2. The molecule has 0 saturated carbocycles. The van der Waals surface area contributed by atoms with Crippen molar-refractivity contribution in [1.29, 1.82) is 0 Å². The monoisotopic (exact) mass is 294 g/mol. The summed E-state index contributed by atoms with van der Waals surface area (Å²) in [4.78, 5) is 29.3. The molecule has 3 rings (SSSR count). The molecule has 118 valence electrons. The molecule has 0 aromatic heterocycles. The van der Waals surface area contributed by atoms with Gasteiger partial charge in [-0.05, 0) is 44.4 Å². The summed E-state index contributed by atoms with van der Waals surface area (Å²) in [5, 5.41) is 0. The third-order valence-corrected chi connectivity index (χ3v) is 5.20. The molecule has 0 N–H and O–H groups in total. The predicted octanol–water partition coefficient (Wildman–Crippen LogP) is 1.41. The third kappa shape index (κ3) is 2.80. The number of ether oxygens (including phenoxy) is 1. The van der Waals surface area contributed by atoms with Crippen LogP contribution in [0.1, 0.15) is 45.4 Å². The van der Waals surface area contributed by atoms with Crippen molar-refractivity contribution in [2.75, 3.05) is 26.3 Å². The van der Waals surface area contributed by atoms with Crippen molar-refractivity contribution in [2.45, 2.75) is 57.5 Å². The zero-order valence-corrected chi connectivity index (χ0v) is 12.9. The molecular formula is C16H26N2O3. The number of rotatable bonds is 3. The third-order valence-electron chi connectivity index (χ3n) is 5.20. The van der Waals surface area contributed by atoms with Crippen LogP contribution in [-0.2, 0) is 14.3 Å². The van der Waals surface area contributed by atoms with E-state index in [1.165, 1.54) is 0 Å². The minimum absolute atomic E-state index is 0.175. The van der Waals surface area contributed by atoms with Crippen molar-refractivity contribution in [3.05, 3.63) is 0 Å². The molecule has 0 bridgehead atoms. The van der Waals surface area contributed by atoms with Gasteiger partial charge < -0.3 is 14.5 Å². The Morgan fingerprint density at radius 1 is 1.10 bits per heavy atom. The summed E-state index contributed by atoms with van der Waals surface area (Å²) in [6.07, 6.45) is 5.65. The first kappa shape index (κ1) is 14.8. The molecule has 0 aliphatic carbocycles. The first-order valence-corrected chi connectivity index (χ1v) is 8.41. The Labute approximate surface area is 126 Å². The van der Waals surface area contributed by atoms with Gasteiger partial charge in [0, 0.05) is 26.3 Å². The lowest BCUT2D eigenvalue weighted by molar-refractivity contribution is -0.165. The van der Waals surface area contributed by atoms with Gasteiger partial charge in [-0.3, -0.25) is 9.59 Å². The molecule has 3 saturated heterocycles. The van der Waals surface area contributed by atoms with Crippen LogP contribution in [0.2, 0.25) is 0 Å². The van der Waals surface area contributed by atoms with Crippen LogP contribution in [0, 0.1) is 5.92 Å². The fourth-order valence-corrected chi connectivity index (χ4v) is 3.94. The lowest BCUT2D eigenvalue weighted by Gasteiger charge is -2.47. The average molecular weight is 294 g/mol. The van der Waals surface area contributed by atoms with Crippen LogP contribution < -0.4 is 0 Å². The SMILES string of the molecule is CCC1C(=O)N2CCCCC2C(=O)N1CC1CCOCC1. The second-order valence-electron chi connectivity index (χ2n) is 6.51. The Hall–Kier alpha value is -1.10. The second kappa shape index (κ2) is 6.34. The quantitative estimate of drug-likeness (QED) is 0.791. The second-order valence-corrected chi connectivity index (χ2v) is 6.51. The van der Waals surface area contributed by atoms with Crippen LogP contribution in [0.4, 0.5) is 0 Å². The summed E-state index contributed by atoms with van der Waals surface area (Å²) in [6.45, 7) is 5.07. The fourth-order valence-electron chi connectivity index (χ4n) is 3.94. The predicted molar refractivity (Wildman–Crippen MR) is 78.7 cm³/mol. The van der Waals surface area contributed by atoms with Crippen LogP contribution in [0.25, 0.3) is 0 Å². The van der Waals surface area contributed by atoms with E-state index in [2.05, 4.69) is 0 Å². The molecule has 0 aromatic carbocycles. The topological polar surface area (TPSA) is 49.9 Å². The smallest absolute Gasteiger partial charge is 0.246 e. The van der Waals surface area contributed by atoms with Crippen molar-refractivity contribution in [3.63, 3.8) is 0 Å². The van der Waals surface area contributed by atoms with E-state index in [4.69, 9.17) is 4.74 Å². The van der Waals surface area contributed by atoms with E-state index in [1.54, 1.807) is 0 Å². The van der Waals surface area contributed by atoms with E-state index < -0.39 is 0 Å². The van der Waals surface area contributed by atoms with Crippen molar-refractivity contribution >= 4 is 11.8 Å². The van der Waals surface area contributed by atoms with Crippen molar-refractivity contribution in [3.8, 4) is 0 Å². The van der Waals surface area contributed by atoms with Crippen LogP contribution in [0.15, 0.2) is 0 Å². The molecule has 5 nitrogen and oxygen atoms in total. The van der Waals surface area contributed by atoms with E-state index >= 15 is 0 Å². The van der Waals surface area contributed by atoms with Crippen molar-refractivity contribution < 1.29 is 14.3 Å². The van der Waals surface area contributed by atoms with Gasteiger partial charge in [0.05, 0.1) is 0 Å². The Kier molecular flexibility index (Phi) is 4.48. The summed E-state index contributed by atoms with van der Waals surface area (Å²) in [5.41, 5.74) is 0. The van der Waals surface area contributed by atoms with Gasteiger partial charge in [0.25, 0.3) is 0 Å². The van der Waals surface area contributed by atoms with Gasteiger partial charge in [-0.25, -0.2) is 0 Å². The van der Waals surface area contributed by atoms with Crippen LogP contribution in [0.5, 0.6) is 0 Å². The zero-order chi connectivity index (χ0) is 14.8.